The molecule has 0 saturated carbocycles. The molecular weight excluding hydrogens is 260 g/mol. The van der Waals surface area contributed by atoms with Crippen molar-refractivity contribution in [1.29, 1.82) is 0 Å². The van der Waals surface area contributed by atoms with Gasteiger partial charge < -0.3 is 5.32 Å². The molecule has 7 heteroatoms. The number of hydrogen-bond donors (Lipinski definition) is 1. The van der Waals surface area contributed by atoms with Crippen molar-refractivity contribution in [3.63, 3.8) is 0 Å². The third kappa shape index (κ3) is 2.70. The summed E-state index contributed by atoms with van der Waals surface area (Å²) in [6.07, 6.45) is 0.980. The molecule has 0 fully saturated rings. The van der Waals surface area contributed by atoms with Gasteiger partial charge in [-0.3, -0.25) is 0 Å². The van der Waals surface area contributed by atoms with Crippen molar-refractivity contribution in [3.8, 4) is 0 Å². The fourth-order valence-electron chi connectivity index (χ4n) is 1.93. The van der Waals surface area contributed by atoms with Gasteiger partial charge in [0.1, 0.15) is 5.82 Å². The van der Waals surface area contributed by atoms with Gasteiger partial charge >= 0.3 is 0 Å². The maximum absolute atomic E-state index is 4.29. The Morgan fingerprint density at radius 2 is 2.21 bits per heavy atom. The van der Waals surface area contributed by atoms with Crippen LogP contribution in [0, 0.1) is 6.92 Å². The highest BCUT2D eigenvalue weighted by molar-refractivity contribution is 7.11. The zero-order valence-corrected chi connectivity index (χ0v) is 11.6. The summed E-state index contributed by atoms with van der Waals surface area (Å²) in [5, 5.41) is 18.8. The molecule has 0 spiro atoms. The van der Waals surface area contributed by atoms with Gasteiger partial charge in [-0.2, -0.15) is 0 Å². The number of fused-ring (bicyclic) bond motifs is 1. The summed E-state index contributed by atoms with van der Waals surface area (Å²) in [6.45, 7) is 4.26. The Labute approximate surface area is 114 Å². The van der Waals surface area contributed by atoms with Gasteiger partial charge in [-0.1, -0.05) is 0 Å². The molecule has 1 N–H and O–H groups in total. The number of nitrogens with zero attached hydrogens (tertiary/aromatic N) is 5. The second kappa shape index (κ2) is 4.93. The highest BCUT2D eigenvalue weighted by atomic mass is 32.1. The summed E-state index contributed by atoms with van der Waals surface area (Å²) in [7, 11) is 0. The van der Waals surface area contributed by atoms with Crippen LogP contribution in [0.25, 0.3) is 5.65 Å². The minimum atomic E-state index is 0.305. The summed E-state index contributed by atoms with van der Waals surface area (Å²) in [5.74, 6) is 0.778. The molecule has 0 aliphatic carbocycles. The van der Waals surface area contributed by atoms with Gasteiger partial charge in [0.05, 0.1) is 0 Å². The maximum Gasteiger partial charge on any atom is 0.200 e. The first-order valence-corrected chi connectivity index (χ1v) is 6.89. The van der Waals surface area contributed by atoms with Crippen LogP contribution < -0.4 is 5.32 Å². The van der Waals surface area contributed by atoms with E-state index < -0.39 is 0 Å². The quantitative estimate of drug-likeness (QED) is 0.787. The molecule has 0 bridgehead atoms. The highest BCUT2D eigenvalue weighted by Crippen LogP contribution is 2.17. The van der Waals surface area contributed by atoms with Crippen LogP contribution >= 0.6 is 11.3 Å². The smallest absolute Gasteiger partial charge is 0.200 e. The predicted octanol–water partition coefficient (Wildman–Crippen LogP) is 1.93. The second-order valence-corrected chi connectivity index (χ2v) is 5.88. The minimum Gasteiger partial charge on any atom is -0.366 e. The Morgan fingerprint density at radius 3 is 3.00 bits per heavy atom. The molecule has 1 unspecified atom stereocenters. The number of aromatic nitrogens is 5. The number of hydrogen-bond acceptors (Lipinski definition) is 6. The Morgan fingerprint density at radius 1 is 1.32 bits per heavy atom. The molecule has 0 aliphatic rings. The average Bonchev–Trinajstić information content (AvgIpc) is 2.97. The lowest BCUT2D eigenvalue weighted by Crippen LogP contribution is -2.19. The molecule has 0 radical (unpaired) electrons. The molecular formula is C12H14N6S. The van der Waals surface area contributed by atoms with Crippen LogP contribution in [-0.4, -0.2) is 31.3 Å². The molecule has 19 heavy (non-hydrogen) atoms. The lowest BCUT2D eigenvalue weighted by atomic mass is 10.2. The van der Waals surface area contributed by atoms with Crippen LogP contribution in [0.4, 0.5) is 5.82 Å². The van der Waals surface area contributed by atoms with Gasteiger partial charge in [0.2, 0.25) is 0 Å². The standard InChI is InChI=1S/C12H14N6S/c1-8(7-10-4-3-9(2)19-10)13-11-5-6-12-14-16-17-18(12)15-11/h3-6,8H,7H2,1-2H3,(H,13,15). The van der Waals surface area contributed by atoms with Crippen molar-refractivity contribution in [2.45, 2.75) is 26.3 Å². The second-order valence-electron chi connectivity index (χ2n) is 4.51. The summed E-state index contributed by atoms with van der Waals surface area (Å²) in [5.41, 5.74) is 0.645. The van der Waals surface area contributed by atoms with E-state index in [1.807, 2.05) is 23.5 Å². The molecule has 0 aromatic carbocycles. The fraction of sp³-hybridized carbons (Fsp3) is 0.333. The van der Waals surface area contributed by atoms with E-state index in [1.54, 1.807) is 0 Å². The third-order valence-corrected chi connectivity index (χ3v) is 3.79. The minimum absolute atomic E-state index is 0.305. The maximum atomic E-state index is 4.29. The Kier molecular flexibility index (Phi) is 3.12. The van der Waals surface area contributed by atoms with Crippen LogP contribution in [-0.2, 0) is 6.42 Å². The van der Waals surface area contributed by atoms with E-state index in [4.69, 9.17) is 0 Å². The topological polar surface area (TPSA) is 68.0 Å². The lowest BCUT2D eigenvalue weighted by molar-refractivity contribution is 0.721. The normalized spacial score (nSPS) is 12.7. The van der Waals surface area contributed by atoms with Crippen LogP contribution in [0.3, 0.4) is 0 Å². The molecule has 0 saturated heterocycles. The molecule has 3 heterocycles. The van der Waals surface area contributed by atoms with Crippen LogP contribution in [0.5, 0.6) is 0 Å². The van der Waals surface area contributed by atoms with Gasteiger partial charge in [-0.25, -0.2) is 0 Å². The number of tetrazole rings is 1. The van der Waals surface area contributed by atoms with E-state index in [0.29, 0.717) is 11.7 Å². The van der Waals surface area contributed by atoms with E-state index in [-0.39, 0.29) is 0 Å². The summed E-state index contributed by atoms with van der Waals surface area (Å²) in [6, 6.07) is 8.37. The Hall–Kier alpha value is -2.02. The SMILES string of the molecule is Cc1ccc(CC(C)Nc2ccc3nnnn3n2)s1. The van der Waals surface area contributed by atoms with Gasteiger partial charge in [-0.05, 0) is 48.5 Å². The lowest BCUT2D eigenvalue weighted by Gasteiger charge is -2.13. The molecule has 6 nitrogen and oxygen atoms in total. The number of aryl methyl sites for hydroxylation is 1. The van der Waals surface area contributed by atoms with E-state index in [0.717, 1.165) is 12.2 Å². The predicted molar refractivity (Wildman–Crippen MR) is 74.4 cm³/mol. The number of nitrogens with one attached hydrogen (secondary N) is 1. The first kappa shape index (κ1) is 12.0. The van der Waals surface area contributed by atoms with Crippen LogP contribution in [0.15, 0.2) is 24.3 Å². The number of thiophene rings is 1. The molecule has 98 valence electrons. The molecule has 3 aromatic rings. The Bertz CT molecular complexity index is 688. The van der Waals surface area contributed by atoms with Crippen molar-refractivity contribution >= 4 is 22.8 Å². The number of anilines is 1. The zero-order valence-electron chi connectivity index (χ0n) is 10.7. The number of rotatable bonds is 4. The summed E-state index contributed by atoms with van der Waals surface area (Å²) >= 11 is 1.83. The average molecular weight is 274 g/mol. The van der Waals surface area contributed by atoms with E-state index in [2.05, 4.69) is 51.9 Å². The third-order valence-electron chi connectivity index (χ3n) is 2.77. The van der Waals surface area contributed by atoms with Gasteiger partial charge in [0.25, 0.3) is 0 Å². The zero-order chi connectivity index (χ0) is 13.2. The molecule has 0 aliphatic heterocycles. The van der Waals surface area contributed by atoms with E-state index >= 15 is 0 Å². The molecule has 0 amide bonds. The first-order valence-electron chi connectivity index (χ1n) is 6.08. The van der Waals surface area contributed by atoms with Crippen molar-refractivity contribution in [3.05, 3.63) is 34.0 Å². The van der Waals surface area contributed by atoms with Gasteiger partial charge in [-0.15, -0.1) is 26.2 Å². The van der Waals surface area contributed by atoms with Gasteiger partial charge in [0.15, 0.2) is 5.65 Å². The highest BCUT2D eigenvalue weighted by Gasteiger charge is 2.07. The fourth-order valence-corrected chi connectivity index (χ4v) is 2.95. The van der Waals surface area contributed by atoms with Crippen LogP contribution in [0.2, 0.25) is 0 Å². The monoisotopic (exact) mass is 274 g/mol. The Balaban J connectivity index is 1.69. The van der Waals surface area contributed by atoms with Crippen molar-refractivity contribution < 1.29 is 0 Å². The van der Waals surface area contributed by atoms with Crippen molar-refractivity contribution in [1.82, 2.24) is 25.3 Å². The largest absolute Gasteiger partial charge is 0.366 e. The van der Waals surface area contributed by atoms with E-state index in [1.165, 1.54) is 14.4 Å². The van der Waals surface area contributed by atoms with Crippen molar-refractivity contribution in [2.24, 2.45) is 0 Å². The van der Waals surface area contributed by atoms with E-state index in [9.17, 15) is 0 Å². The van der Waals surface area contributed by atoms with Crippen molar-refractivity contribution in [2.75, 3.05) is 5.32 Å². The first-order chi connectivity index (χ1) is 9.20. The van der Waals surface area contributed by atoms with Gasteiger partial charge in [0, 0.05) is 22.2 Å². The summed E-state index contributed by atoms with van der Waals surface area (Å²) in [4.78, 5) is 2.72. The molecule has 1 atom stereocenters. The van der Waals surface area contributed by atoms with Crippen LogP contribution in [0.1, 0.15) is 16.7 Å². The molecule has 3 aromatic heterocycles. The molecule has 3 rings (SSSR count). The summed E-state index contributed by atoms with van der Waals surface area (Å²) < 4.78 is 1.42.